The number of nitrogens with zero attached hydrogens (tertiary/aromatic N) is 1. The Kier molecular flexibility index (Phi) is 3.05. The summed E-state index contributed by atoms with van der Waals surface area (Å²) < 4.78 is 6.81. The molecule has 5 heteroatoms. The molecule has 1 aliphatic heterocycles. The molecule has 1 fully saturated rings. The lowest BCUT2D eigenvalue weighted by Crippen LogP contribution is -2.29. The number of carboxylic acid groups (broad SMARTS) is 1. The predicted molar refractivity (Wildman–Crippen MR) is 56.6 cm³/mol. The average Bonchev–Trinajstić information content (AvgIpc) is 2.73. The molecule has 2 rings (SSSR count). The Labute approximate surface area is 92.3 Å². The molecule has 1 aliphatic rings. The third-order valence-corrected chi connectivity index (χ3v) is 2.67. The van der Waals surface area contributed by atoms with Crippen LogP contribution in [0.2, 0.25) is 0 Å². The maximum atomic E-state index is 11.7. The summed E-state index contributed by atoms with van der Waals surface area (Å²) in [4.78, 5) is 22.5. The summed E-state index contributed by atoms with van der Waals surface area (Å²) in [5.74, 6) is -1.19. The van der Waals surface area contributed by atoms with Crippen molar-refractivity contribution in [3.05, 3.63) is 34.2 Å². The van der Waals surface area contributed by atoms with Crippen molar-refractivity contribution in [2.24, 2.45) is 0 Å². The van der Waals surface area contributed by atoms with E-state index < -0.39 is 11.5 Å². The van der Waals surface area contributed by atoms with Gasteiger partial charge in [-0.1, -0.05) is 0 Å². The lowest BCUT2D eigenvalue weighted by molar-refractivity contribution is 0.0691. The first-order chi connectivity index (χ1) is 7.68. The fraction of sp³-hybridized carbons (Fsp3) is 0.455. The quantitative estimate of drug-likeness (QED) is 0.820. The van der Waals surface area contributed by atoms with E-state index in [1.54, 1.807) is 12.3 Å². The first-order valence-electron chi connectivity index (χ1n) is 5.23. The standard InChI is InChI=1S/C11H13NO4/c13-10-9(11(14)15)4-1-5-12(10)7-8-3-2-6-16-8/h1,4-5,8H,2-3,6-7H2,(H,14,15). The van der Waals surface area contributed by atoms with E-state index in [1.165, 1.54) is 10.6 Å². The van der Waals surface area contributed by atoms with Crippen molar-refractivity contribution in [2.75, 3.05) is 6.61 Å². The third kappa shape index (κ3) is 2.14. The molecular weight excluding hydrogens is 210 g/mol. The molecule has 5 nitrogen and oxygen atoms in total. The minimum Gasteiger partial charge on any atom is -0.477 e. The number of aromatic nitrogens is 1. The molecule has 0 aliphatic carbocycles. The highest BCUT2D eigenvalue weighted by Gasteiger charge is 2.18. The largest absolute Gasteiger partial charge is 0.477 e. The first kappa shape index (κ1) is 10.9. The maximum Gasteiger partial charge on any atom is 0.341 e. The van der Waals surface area contributed by atoms with Gasteiger partial charge in [-0.25, -0.2) is 4.79 Å². The Morgan fingerprint density at radius 3 is 3.06 bits per heavy atom. The van der Waals surface area contributed by atoms with Crippen molar-refractivity contribution in [1.82, 2.24) is 4.57 Å². The molecule has 0 saturated carbocycles. The molecule has 86 valence electrons. The van der Waals surface area contributed by atoms with Crippen LogP contribution in [-0.2, 0) is 11.3 Å². The zero-order valence-electron chi connectivity index (χ0n) is 8.76. The average molecular weight is 223 g/mol. The van der Waals surface area contributed by atoms with Crippen molar-refractivity contribution in [2.45, 2.75) is 25.5 Å². The van der Waals surface area contributed by atoms with Crippen LogP contribution in [0.5, 0.6) is 0 Å². The molecule has 16 heavy (non-hydrogen) atoms. The number of carbonyl (C=O) groups is 1. The highest BCUT2D eigenvalue weighted by Crippen LogP contribution is 2.13. The SMILES string of the molecule is O=C(O)c1cccn(CC2CCCO2)c1=O. The summed E-state index contributed by atoms with van der Waals surface area (Å²) in [6.07, 6.45) is 3.54. The minimum atomic E-state index is -1.19. The number of rotatable bonds is 3. The lowest BCUT2D eigenvalue weighted by Gasteiger charge is -2.11. The van der Waals surface area contributed by atoms with E-state index in [0.29, 0.717) is 6.54 Å². The molecule has 1 N–H and O–H groups in total. The lowest BCUT2D eigenvalue weighted by atomic mass is 10.2. The molecule has 2 heterocycles. The zero-order valence-corrected chi connectivity index (χ0v) is 8.76. The Morgan fingerprint density at radius 1 is 1.62 bits per heavy atom. The van der Waals surface area contributed by atoms with E-state index in [1.807, 2.05) is 0 Å². The molecule has 0 aromatic carbocycles. The van der Waals surface area contributed by atoms with Crippen LogP contribution >= 0.6 is 0 Å². The van der Waals surface area contributed by atoms with E-state index >= 15 is 0 Å². The van der Waals surface area contributed by atoms with Crippen LogP contribution in [-0.4, -0.2) is 28.4 Å². The van der Waals surface area contributed by atoms with Crippen molar-refractivity contribution >= 4 is 5.97 Å². The van der Waals surface area contributed by atoms with E-state index in [2.05, 4.69) is 0 Å². The molecule has 0 bridgehead atoms. The van der Waals surface area contributed by atoms with Gasteiger partial charge in [0, 0.05) is 12.8 Å². The molecular formula is C11H13NO4. The smallest absolute Gasteiger partial charge is 0.341 e. The van der Waals surface area contributed by atoms with Gasteiger partial charge in [0.1, 0.15) is 5.56 Å². The van der Waals surface area contributed by atoms with Gasteiger partial charge in [0.15, 0.2) is 0 Å². The van der Waals surface area contributed by atoms with Crippen LogP contribution in [0.4, 0.5) is 0 Å². The van der Waals surface area contributed by atoms with Crippen LogP contribution in [0.1, 0.15) is 23.2 Å². The molecule has 1 saturated heterocycles. The van der Waals surface area contributed by atoms with Crippen molar-refractivity contribution in [1.29, 1.82) is 0 Å². The summed E-state index contributed by atoms with van der Waals surface area (Å²) in [7, 11) is 0. The summed E-state index contributed by atoms with van der Waals surface area (Å²) in [5, 5.41) is 8.81. The number of carboxylic acids is 1. The maximum absolute atomic E-state index is 11.7. The number of aromatic carboxylic acids is 1. The number of hydrogen-bond donors (Lipinski definition) is 1. The molecule has 1 unspecified atom stereocenters. The van der Waals surface area contributed by atoms with Gasteiger partial charge >= 0.3 is 5.97 Å². The van der Waals surface area contributed by atoms with Gasteiger partial charge in [0.05, 0.1) is 12.6 Å². The van der Waals surface area contributed by atoms with Crippen molar-refractivity contribution in [3.8, 4) is 0 Å². The van der Waals surface area contributed by atoms with Gasteiger partial charge in [0.2, 0.25) is 0 Å². The predicted octanol–water partition coefficient (Wildman–Crippen LogP) is 0.726. The van der Waals surface area contributed by atoms with E-state index in [0.717, 1.165) is 19.4 Å². The van der Waals surface area contributed by atoms with Crippen molar-refractivity contribution in [3.63, 3.8) is 0 Å². The normalized spacial score (nSPS) is 19.9. The van der Waals surface area contributed by atoms with Crippen LogP contribution in [0.25, 0.3) is 0 Å². The van der Waals surface area contributed by atoms with Gasteiger partial charge in [-0.05, 0) is 25.0 Å². The summed E-state index contributed by atoms with van der Waals surface area (Å²) in [5.41, 5.74) is -0.661. The van der Waals surface area contributed by atoms with E-state index in [4.69, 9.17) is 9.84 Å². The second-order valence-electron chi connectivity index (χ2n) is 3.82. The van der Waals surface area contributed by atoms with Gasteiger partial charge in [-0.15, -0.1) is 0 Å². The molecule has 1 atom stereocenters. The Morgan fingerprint density at radius 2 is 2.44 bits per heavy atom. The summed E-state index contributed by atoms with van der Waals surface area (Å²) >= 11 is 0. The summed E-state index contributed by atoms with van der Waals surface area (Å²) in [6.45, 7) is 1.15. The summed E-state index contributed by atoms with van der Waals surface area (Å²) in [6, 6.07) is 2.89. The molecule has 0 amide bonds. The Hall–Kier alpha value is -1.62. The van der Waals surface area contributed by atoms with Crippen LogP contribution in [0.3, 0.4) is 0 Å². The fourth-order valence-corrected chi connectivity index (χ4v) is 1.85. The molecule has 0 spiro atoms. The molecule has 1 aromatic heterocycles. The topological polar surface area (TPSA) is 68.5 Å². The molecule has 1 aromatic rings. The Bertz CT molecular complexity index is 446. The number of pyridine rings is 1. The second kappa shape index (κ2) is 4.49. The van der Waals surface area contributed by atoms with E-state index in [-0.39, 0.29) is 11.7 Å². The second-order valence-corrected chi connectivity index (χ2v) is 3.82. The fourth-order valence-electron chi connectivity index (χ4n) is 1.85. The Balaban J connectivity index is 2.24. The van der Waals surface area contributed by atoms with Gasteiger partial charge < -0.3 is 14.4 Å². The van der Waals surface area contributed by atoms with Gasteiger partial charge in [0.25, 0.3) is 5.56 Å². The van der Waals surface area contributed by atoms with Crippen LogP contribution in [0, 0.1) is 0 Å². The zero-order chi connectivity index (χ0) is 11.5. The minimum absolute atomic E-state index is 0.0294. The highest BCUT2D eigenvalue weighted by atomic mass is 16.5. The number of hydrogen-bond acceptors (Lipinski definition) is 3. The monoisotopic (exact) mass is 223 g/mol. The van der Waals surface area contributed by atoms with Gasteiger partial charge in [-0.2, -0.15) is 0 Å². The highest BCUT2D eigenvalue weighted by molar-refractivity contribution is 5.86. The van der Waals surface area contributed by atoms with Gasteiger partial charge in [-0.3, -0.25) is 4.79 Å². The molecule has 0 radical (unpaired) electrons. The van der Waals surface area contributed by atoms with Crippen LogP contribution < -0.4 is 5.56 Å². The third-order valence-electron chi connectivity index (χ3n) is 2.67. The van der Waals surface area contributed by atoms with E-state index in [9.17, 15) is 9.59 Å². The first-order valence-corrected chi connectivity index (χ1v) is 5.23. The number of ether oxygens (including phenoxy) is 1. The van der Waals surface area contributed by atoms with Crippen LogP contribution in [0.15, 0.2) is 23.1 Å². The van der Waals surface area contributed by atoms with Crippen molar-refractivity contribution < 1.29 is 14.6 Å².